The van der Waals surface area contributed by atoms with Crippen molar-refractivity contribution >= 4 is 45.9 Å². The topological polar surface area (TPSA) is 188 Å². The summed E-state index contributed by atoms with van der Waals surface area (Å²) in [5.41, 5.74) is -2.18. The highest BCUT2D eigenvalue weighted by Gasteiger charge is 2.40. The first kappa shape index (κ1) is 23.7. The van der Waals surface area contributed by atoms with E-state index in [-0.39, 0.29) is 28.2 Å². The van der Waals surface area contributed by atoms with Crippen molar-refractivity contribution in [2.45, 2.75) is 5.92 Å². The van der Waals surface area contributed by atoms with E-state index in [4.69, 9.17) is 4.74 Å². The number of nitrogens with zero attached hydrogens (tertiary/aromatic N) is 2. The summed E-state index contributed by atoms with van der Waals surface area (Å²) in [5.74, 6) is -7.78. The van der Waals surface area contributed by atoms with Gasteiger partial charge in [-0.1, -0.05) is 12.1 Å². The summed E-state index contributed by atoms with van der Waals surface area (Å²) in [6, 6.07) is 9.38. The maximum atomic E-state index is 13.0. The molecule has 0 saturated heterocycles. The fourth-order valence-corrected chi connectivity index (χ4v) is 3.05. The number of Topliss-reactive ketones (excluding diaryl/α,β-unsaturated/α-hetero) is 2. The lowest BCUT2D eigenvalue weighted by atomic mass is 9.94. The number of nitro benzene ring substituents is 1. The van der Waals surface area contributed by atoms with Crippen LogP contribution in [0.4, 0.5) is 11.4 Å². The molecule has 1 aromatic heterocycles. The highest BCUT2D eigenvalue weighted by Crippen LogP contribution is 2.25. The number of benzene rings is 2. The molecule has 1 atom stereocenters. The third-order valence-corrected chi connectivity index (χ3v) is 4.68. The number of aromatic nitrogens is 2. The minimum Gasteiger partial charge on any atom is -0.495 e. The fourth-order valence-electron chi connectivity index (χ4n) is 3.05. The number of aromatic amines is 1. The number of hydrogen-bond acceptors (Lipinski definition) is 10. The van der Waals surface area contributed by atoms with Gasteiger partial charge in [-0.25, -0.2) is 9.78 Å². The van der Waals surface area contributed by atoms with Gasteiger partial charge in [0.2, 0.25) is 5.78 Å². The molecule has 0 aliphatic rings. The van der Waals surface area contributed by atoms with E-state index in [0.29, 0.717) is 0 Å². The van der Waals surface area contributed by atoms with E-state index in [1.807, 2.05) is 0 Å². The van der Waals surface area contributed by atoms with Crippen LogP contribution in [0, 0.1) is 10.1 Å². The standard InChI is InChI=1S/C21H16N4O9/c1-33-14-6-4-3-5-12(14)23-20(29)17(26)15(18(27)21(30)34-2)16-19(28)24-13-9-10(25(31)32)7-8-11(13)22-16/h3-9,15H,1-2H3,(H,23,29)(H,24,28)/t15-/m0/s1. The molecule has 3 aromatic rings. The van der Waals surface area contributed by atoms with Crippen LogP contribution in [0.15, 0.2) is 47.3 Å². The molecule has 2 N–H and O–H groups in total. The molecule has 0 fully saturated rings. The number of carbonyl (C=O) groups is 4. The van der Waals surface area contributed by atoms with E-state index < -0.39 is 45.5 Å². The zero-order valence-corrected chi connectivity index (χ0v) is 17.7. The third-order valence-electron chi connectivity index (χ3n) is 4.68. The number of non-ortho nitro benzene ring substituents is 1. The van der Waals surface area contributed by atoms with Gasteiger partial charge in [0, 0.05) is 12.1 Å². The molecule has 0 saturated carbocycles. The van der Waals surface area contributed by atoms with Gasteiger partial charge >= 0.3 is 5.97 Å². The molecule has 1 amide bonds. The van der Waals surface area contributed by atoms with E-state index >= 15 is 0 Å². The minimum absolute atomic E-state index is 0.0270. The van der Waals surface area contributed by atoms with E-state index in [1.165, 1.54) is 25.3 Å². The largest absolute Gasteiger partial charge is 0.495 e. The number of carbonyl (C=O) groups excluding carboxylic acids is 4. The van der Waals surface area contributed by atoms with Gasteiger partial charge in [-0.05, 0) is 18.2 Å². The van der Waals surface area contributed by atoms with Gasteiger partial charge in [-0.2, -0.15) is 0 Å². The SMILES string of the molecule is COC(=O)C(=O)[C@H](C(=O)C(=O)Nc1ccccc1OC)c1nc2ccc([N+](=O)[O-])cc2[nH]c1=O. The number of anilines is 1. The van der Waals surface area contributed by atoms with Crippen molar-refractivity contribution in [1.29, 1.82) is 0 Å². The maximum absolute atomic E-state index is 13.0. The summed E-state index contributed by atoms with van der Waals surface area (Å²) in [6.07, 6.45) is 0. The maximum Gasteiger partial charge on any atom is 0.375 e. The number of ether oxygens (including phenoxy) is 2. The van der Waals surface area contributed by atoms with Crippen LogP contribution < -0.4 is 15.6 Å². The molecular formula is C21H16N4O9. The van der Waals surface area contributed by atoms with Crippen LogP contribution in [0.5, 0.6) is 5.75 Å². The summed E-state index contributed by atoms with van der Waals surface area (Å²) in [7, 11) is 2.22. The quantitative estimate of drug-likeness (QED) is 0.158. The monoisotopic (exact) mass is 468 g/mol. The Morgan fingerprint density at radius 2 is 1.79 bits per heavy atom. The van der Waals surface area contributed by atoms with Crippen LogP contribution in [0.25, 0.3) is 11.0 Å². The Bertz CT molecular complexity index is 1400. The minimum atomic E-state index is -2.23. The molecule has 0 aliphatic carbocycles. The Labute approximate surface area is 189 Å². The predicted octanol–water partition coefficient (Wildman–Crippen LogP) is 0.873. The zero-order valence-electron chi connectivity index (χ0n) is 17.7. The molecule has 0 spiro atoms. The van der Waals surface area contributed by atoms with Gasteiger partial charge in [0.1, 0.15) is 17.4 Å². The van der Waals surface area contributed by atoms with Crippen molar-refractivity contribution in [2.75, 3.05) is 19.5 Å². The number of esters is 1. The summed E-state index contributed by atoms with van der Waals surface area (Å²) in [4.78, 5) is 79.4. The number of nitrogens with one attached hydrogen (secondary N) is 2. The summed E-state index contributed by atoms with van der Waals surface area (Å²) in [5, 5.41) is 13.2. The Morgan fingerprint density at radius 3 is 2.44 bits per heavy atom. The van der Waals surface area contributed by atoms with Crippen LogP contribution in [0.1, 0.15) is 11.6 Å². The van der Waals surface area contributed by atoms with E-state index in [1.54, 1.807) is 12.1 Å². The highest BCUT2D eigenvalue weighted by atomic mass is 16.6. The number of methoxy groups -OCH3 is 2. The van der Waals surface area contributed by atoms with Gasteiger partial charge in [0.05, 0.1) is 35.9 Å². The predicted molar refractivity (Wildman–Crippen MR) is 115 cm³/mol. The lowest BCUT2D eigenvalue weighted by Gasteiger charge is -2.14. The average molecular weight is 468 g/mol. The molecule has 0 radical (unpaired) electrons. The Kier molecular flexibility index (Phi) is 6.76. The first-order chi connectivity index (χ1) is 16.2. The lowest BCUT2D eigenvalue weighted by molar-refractivity contribution is -0.384. The number of amides is 1. The molecule has 13 nitrogen and oxygen atoms in total. The van der Waals surface area contributed by atoms with Crippen LogP contribution in [-0.4, -0.2) is 52.6 Å². The number of nitro groups is 1. The molecule has 0 bridgehead atoms. The van der Waals surface area contributed by atoms with E-state index in [9.17, 15) is 34.1 Å². The molecule has 0 unspecified atom stereocenters. The molecule has 174 valence electrons. The van der Waals surface area contributed by atoms with E-state index in [0.717, 1.165) is 19.2 Å². The van der Waals surface area contributed by atoms with Crippen molar-refractivity contribution in [1.82, 2.24) is 9.97 Å². The van der Waals surface area contributed by atoms with Crippen LogP contribution in [0.3, 0.4) is 0 Å². The van der Waals surface area contributed by atoms with Crippen LogP contribution >= 0.6 is 0 Å². The van der Waals surface area contributed by atoms with Crippen molar-refractivity contribution in [3.8, 4) is 5.75 Å². The number of para-hydroxylation sites is 2. The van der Waals surface area contributed by atoms with Crippen molar-refractivity contribution in [3.05, 3.63) is 68.6 Å². The number of ketones is 2. The van der Waals surface area contributed by atoms with Gasteiger partial charge in [0.25, 0.3) is 22.9 Å². The second kappa shape index (κ2) is 9.68. The molecule has 1 heterocycles. The smallest absolute Gasteiger partial charge is 0.375 e. The van der Waals surface area contributed by atoms with Crippen LogP contribution in [-0.2, 0) is 23.9 Å². The van der Waals surface area contributed by atoms with Gasteiger partial charge < -0.3 is 19.8 Å². The second-order valence-corrected chi connectivity index (χ2v) is 6.72. The van der Waals surface area contributed by atoms with Crippen molar-refractivity contribution < 1.29 is 33.6 Å². The molecule has 34 heavy (non-hydrogen) atoms. The van der Waals surface area contributed by atoms with Crippen molar-refractivity contribution in [2.24, 2.45) is 0 Å². The Hall–Kier alpha value is -4.94. The summed E-state index contributed by atoms with van der Waals surface area (Å²) >= 11 is 0. The number of rotatable bonds is 8. The summed E-state index contributed by atoms with van der Waals surface area (Å²) < 4.78 is 9.45. The van der Waals surface area contributed by atoms with Gasteiger partial charge in [-0.3, -0.25) is 29.3 Å². The zero-order chi connectivity index (χ0) is 25.0. The van der Waals surface area contributed by atoms with Gasteiger partial charge in [0.15, 0.2) is 0 Å². The fraction of sp³-hybridized carbons (Fsp3) is 0.143. The van der Waals surface area contributed by atoms with Crippen LogP contribution in [0.2, 0.25) is 0 Å². The second-order valence-electron chi connectivity index (χ2n) is 6.72. The Morgan fingerprint density at radius 1 is 1.09 bits per heavy atom. The first-order valence-electron chi connectivity index (χ1n) is 9.46. The normalized spacial score (nSPS) is 11.4. The number of H-pyrrole nitrogens is 1. The lowest BCUT2D eigenvalue weighted by Crippen LogP contribution is -2.39. The molecule has 2 aromatic carbocycles. The Balaban J connectivity index is 2.08. The molecular weight excluding hydrogens is 452 g/mol. The molecule has 0 aliphatic heterocycles. The van der Waals surface area contributed by atoms with E-state index in [2.05, 4.69) is 20.0 Å². The highest BCUT2D eigenvalue weighted by molar-refractivity contribution is 6.52. The third kappa shape index (κ3) is 4.62. The average Bonchev–Trinajstić information content (AvgIpc) is 2.83. The van der Waals surface area contributed by atoms with Crippen molar-refractivity contribution in [3.63, 3.8) is 0 Å². The number of hydrogen-bond donors (Lipinski definition) is 2. The summed E-state index contributed by atoms with van der Waals surface area (Å²) in [6.45, 7) is 0. The van der Waals surface area contributed by atoms with Gasteiger partial charge in [-0.15, -0.1) is 0 Å². The molecule has 13 heteroatoms. The first-order valence-corrected chi connectivity index (χ1v) is 9.46. The number of fused-ring (bicyclic) bond motifs is 1. The molecule has 3 rings (SSSR count).